The van der Waals surface area contributed by atoms with E-state index in [4.69, 9.17) is 14.4 Å². The monoisotopic (exact) mass is 293 g/mol. The summed E-state index contributed by atoms with van der Waals surface area (Å²) < 4.78 is 10.1. The topological polar surface area (TPSA) is 72.6 Å². The third-order valence-electron chi connectivity index (χ3n) is 2.56. The molecule has 1 N–H and O–H groups in total. The highest BCUT2D eigenvalue weighted by Crippen LogP contribution is 2.23. The first kappa shape index (κ1) is 14.6. The highest BCUT2D eigenvalue weighted by molar-refractivity contribution is 7.98. The molecule has 0 saturated carbocycles. The zero-order chi connectivity index (χ0) is 14.4. The predicted molar refractivity (Wildman–Crippen MR) is 74.6 cm³/mol. The van der Waals surface area contributed by atoms with E-state index in [0.29, 0.717) is 18.1 Å². The summed E-state index contributed by atoms with van der Waals surface area (Å²) in [7, 11) is 1.61. The summed E-state index contributed by atoms with van der Waals surface area (Å²) in [6, 6.07) is 9.36. The summed E-state index contributed by atoms with van der Waals surface area (Å²) >= 11 is 1.62. The molecule has 1 heterocycles. The Labute approximate surface area is 120 Å². The van der Waals surface area contributed by atoms with Gasteiger partial charge in [0.2, 0.25) is 0 Å². The van der Waals surface area contributed by atoms with Gasteiger partial charge in [0, 0.05) is 23.8 Å². The quantitative estimate of drug-likeness (QED) is 0.791. The molecule has 0 aliphatic heterocycles. The van der Waals surface area contributed by atoms with Crippen LogP contribution in [-0.2, 0) is 28.3 Å². The van der Waals surface area contributed by atoms with Gasteiger partial charge in [-0.25, -0.2) is 0 Å². The summed E-state index contributed by atoms with van der Waals surface area (Å²) in [4.78, 5) is 11.7. The van der Waals surface area contributed by atoms with Crippen LogP contribution in [0.2, 0.25) is 0 Å². The summed E-state index contributed by atoms with van der Waals surface area (Å²) in [5.41, 5.74) is 1.65. The number of hydrogen-bond acceptors (Lipinski definition) is 5. The van der Waals surface area contributed by atoms with Crippen LogP contribution in [0.1, 0.15) is 17.0 Å². The van der Waals surface area contributed by atoms with E-state index in [-0.39, 0.29) is 6.42 Å². The van der Waals surface area contributed by atoms with Gasteiger partial charge in [0.05, 0.1) is 12.1 Å². The first-order chi connectivity index (χ1) is 9.67. The van der Waals surface area contributed by atoms with Gasteiger partial charge < -0.3 is 14.4 Å². The number of thioether (sulfide) groups is 1. The third-order valence-corrected chi connectivity index (χ3v) is 3.61. The molecule has 5 nitrogen and oxygen atoms in total. The Morgan fingerprint density at radius 2 is 2.15 bits per heavy atom. The Morgan fingerprint density at radius 1 is 1.40 bits per heavy atom. The van der Waals surface area contributed by atoms with E-state index in [9.17, 15) is 4.79 Å². The Hall–Kier alpha value is -1.79. The molecule has 2 rings (SSSR count). The van der Waals surface area contributed by atoms with Crippen LogP contribution in [0.25, 0.3) is 0 Å². The molecular weight excluding hydrogens is 278 g/mol. The minimum atomic E-state index is -0.821. The number of hydrogen-bond donors (Lipinski definition) is 1. The number of carbonyl (C=O) groups is 1. The molecule has 0 unspecified atom stereocenters. The van der Waals surface area contributed by atoms with E-state index >= 15 is 0 Å². The molecule has 6 heteroatoms. The van der Waals surface area contributed by atoms with Crippen molar-refractivity contribution in [1.29, 1.82) is 0 Å². The Kier molecular flexibility index (Phi) is 5.20. The van der Waals surface area contributed by atoms with Crippen LogP contribution in [0.15, 0.2) is 39.8 Å². The predicted octanol–water partition coefficient (Wildman–Crippen LogP) is 2.74. The normalized spacial score (nSPS) is 10.7. The highest BCUT2D eigenvalue weighted by Gasteiger charge is 2.05. The van der Waals surface area contributed by atoms with E-state index in [1.165, 1.54) is 0 Å². The van der Waals surface area contributed by atoms with Gasteiger partial charge in [0.25, 0.3) is 0 Å². The van der Waals surface area contributed by atoms with Gasteiger partial charge in [0.1, 0.15) is 6.61 Å². The molecule has 0 aliphatic carbocycles. The number of ether oxygens (including phenoxy) is 1. The summed E-state index contributed by atoms with van der Waals surface area (Å²) in [5, 5.41) is 12.7. The van der Waals surface area contributed by atoms with Crippen LogP contribution in [0.3, 0.4) is 0 Å². The lowest BCUT2D eigenvalue weighted by Crippen LogP contribution is -1.99. The summed E-state index contributed by atoms with van der Waals surface area (Å²) in [6.45, 7) is 0.418. The molecule has 0 spiro atoms. The molecule has 0 amide bonds. The standard InChI is InChI=1S/C14H15NO4S/c1-18-8-12-7-11(15-19-12)9-20-13-4-2-10(3-5-13)6-14(16)17/h2-5,7H,6,8-9H2,1H3,(H,16,17). The number of nitrogens with zero attached hydrogens (tertiary/aromatic N) is 1. The van der Waals surface area contributed by atoms with Crippen molar-refractivity contribution in [3.8, 4) is 0 Å². The Bertz CT molecular complexity index is 565. The molecule has 0 saturated heterocycles. The second-order valence-corrected chi connectivity index (χ2v) is 5.27. The number of rotatable bonds is 7. The second kappa shape index (κ2) is 7.12. The number of carboxylic acids is 1. The minimum absolute atomic E-state index is 0.0502. The molecule has 0 aliphatic rings. The Balaban J connectivity index is 1.88. The van der Waals surface area contributed by atoms with Gasteiger partial charge in [-0.1, -0.05) is 17.3 Å². The van der Waals surface area contributed by atoms with Crippen LogP contribution in [-0.4, -0.2) is 23.3 Å². The van der Waals surface area contributed by atoms with Crippen molar-refractivity contribution in [2.24, 2.45) is 0 Å². The largest absolute Gasteiger partial charge is 0.481 e. The molecular formula is C14H15NO4S. The van der Waals surface area contributed by atoms with E-state index in [1.807, 2.05) is 30.3 Å². The zero-order valence-corrected chi connectivity index (χ0v) is 11.9. The number of methoxy groups -OCH3 is 1. The first-order valence-corrected chi connectivity index (χ1v) is 7.03. The van der Waals surface area contributed by atoms with Crippen molar-refractivity contribution in [1.82, 2.24) is 5.16 Å². The molecule has 1 aromatic carbocycles. The zero-order valence-electron chi connectivity index (χ0n) is 11.0. The van der Waals surface area contributed by atoms with Gasteiger partial charge in [-0.3, -0.25) is 4.79 Å². The molecule has 0 atom stereocenters. The van der Waals surface area contributed by atoms with Crippen LogP contribution in [0.4, 0.5) is 0 Å². The summed E-state index contributed by atoms with van der Waals surface area (Å²) in [5.74, 6) is 0.587. The van der Waals surface area contributed by atoms with E-state index in [1.54, 1.807) is 18.9 Å². The molecule has 20 heavy (non-hydrogen) atoms. The minimum Gasteiger partial charge on any atom is -0.481 e. The van der Waals surface area contributed by atoms with E-state index in [2.05, 4.69) is 5.16 Å². The average molecular weight is 293 g/mol. The van der Waals surface area contributed by atoms with Gasteiger partial charge in [-0.15, -0.1) is 11.8 Å². The van der Waals surface area contributed by atoms with Gasteiger partial charge in [-0.2, -0.15) is 0 Å². The molecule has 0 bridgehead atoms. The van der Waals surface area contributed by atoms with E-state index < -0.39 is 5.97 Å². The van der Waals surface area contributed by atoms with E-state index in [0.717, 1.165) is 16.2 Å². The third kappa shape index (κ3) is 4.40. The molecule has 1 aromatic heterocycles. The average Bonchev–Trinajstić information content (AvgIpc) is 2.86. The fourth-order valence-corrected chi connectivity index (χ4v) is 2.45. The van der Waals surface area contributed by atoms with Crippen molar-refractivity contribution < 1.29 is 19.2 Å². The first-order valence-electron chi connectivity index (χ1n) is 6.04. The Morgan fingerprint density at radius 3 is 2.80 bits per heavy atom. The lowest BCUT2D eigenvalue weighted by molar-refractivity contribution is -0.136. The highest BCUT2D eigenvalue weighted by atomic mass is 32.2. The van der Waals surface area contributed by atoms with Crippen molar-refractivity contribution in [2.45, 2.75) is 23.7 Å². The maximum atomic E-state index is 10.6. The van der Waals surface area contributed by atoms with Gasteiger partial charge in [0.15, 0.2) is 5.76 Å². The number of benzene rings is 1. The fourth-order valence-electron chi connectivity index (χ4n) is 1.67. The molecule has 106 valence electrons. The van der Waals surface area contributed by atoms with Crippen molar-refractivity contribution in [2.75, 3.05) is 7.11 Å². The number of aliphatic carboxylic acids is 1. The van der Waals surface area contributed by atoms with Crippen LogP contribution < -0.4 is 0 Å². The van der Waals surface area contributed by atoms with Crippen molar-refractivity contribution in [3.05, 3.63) is 47.3 Å². The van der Waals surface area contributed by atoms with Crippen LogP contribution >= 0.6 is 11.8 Å². The molecule has 2 aromatic rings. The lowest BCUT2D eigenvalue weighted by Gasteiger charge is -2.01. The summed E-state index contributed by atoms with van der Waals surface area (Å²) in [6.07, 6.45) is 0.0502. The fraction of sp³-hybridized carbons (Fsp3) is 0.286. The maximum absolute atomic E-state index is 10.6. The van der Waals surface area contributed by atoms with Crippen molar-refractivity contribution >= 4 is 17.7 Å². The SMILES string of the molecule is COCc1cc(CSc2ccc(CC(=O)O)cc2)no1. The lowest BCUT2D eigenvalue weighted by atomic mass is 10.2. The van der Waals surface area contributed by atoms with Gasteiger partial charge in [-0.05, 0) is 17.7 Å². The maximum Gasteiger partial charge on any atom is 0.307 e. The number of carboxylic acid groups (broad SMARTS) is 1. The molecule has 0 radical (unpaired) electrons. The second-order valence-electron chi connectivity index (χ2n) is 4.22. The van der Waals surface area contributed by atoms with Crippen LogP contribution in [0.5, 0.6) is 0 Å². The number of aromatic nitrogens is 1. The molecule has 0 fully saturated rings. The van der Waals surface area contributed by atoms with Gasteiger partial charge >= 0.3 is 5.97 Å². The van der Waals surface area contributed by atoms with Crippen LogP contribution in [0, 0.1) is 0 Å². The van der Waals surface area contributed by atoms with Crippen molar-refractivity contribution in [3.63, 3.8) is 0 Å². The smallest absolute Gasteiger partial charge is 0.307 e.